The van der Waals surface area contributed by atoms with Crippen LogP contribution < -0.4 is 11.1 Å². The van der Waals surface area contributed by atoms with Crippen molar-refractivity contribution < 1.29 is 9.53 Å². The summed E-state index contributed by atoms with van der Waals surface area (Å²) in [5.41, 5.74) is 5.63. The van der Waals surface area contributed by atoms with Gasteiger partial charge in [-0.25, -0.2) is 4.79 Å². The number of ether oxygens (including phenoxy) is 1. The van der Waals surface area contributed by atoms with E-state index in [1.54, 1.807) is 0 Å². The molecular formula is C13H25N3O2. The SMILES string of the molecule is CC1CN(C(=O)NC2CCCCC2)CC(CN)O1. The Bertz CT molecular complexity index is 279. The molecule has 2 unspecified atom stereocenters. The van der Waals surface area contributed by atoms with Gasteiger partial charge in [-0.15, -0.1) is 0 Å². The minimum atomic E-state index is -0.0224. The molecule has 1 heterocycles. The van der Waals surface area contributed by atoms with E-state index < -0.39 is 0 Å². The molecule has 0 radical (unpaired) electrons. The lowest BCUT2D eigenvalue weighted by Gasteiger charge is -2.37. The van der Waals surface area contributed by atoms with Crippen molar-refractivity contribution in [2.24, 2.45) is 5.73 Å². The van der Waals surface area contributed by atoms with Crippen LogP contribution in [0.4, 0.5) is 4.79 Å². The van der Waals surface area contributed by atoms with Crippen molar-refractivity contribution in [3.8, 4) is 0 Å². The fourth-order valence-corrected chi connectivity index (χ4v) is 2.85. The molecule has 18 heavy (non-hydrogen) atoms. The van der Waals surface area contributed by atoms with Gasteiger partial charge in [0.2, 0.25) is 0 Å². The molecular weight excluding hydrogens is 230 g/mol. The zero-order valence-corrected chi connectivity index (χ0v) is 11.2. The predicted octanol–water partition coefficient (Wildman–Crippen LogP) is 1.08. The second-order valence-corrected chi connectivity index (χ2v) is 5.49. The molecule has 2 atom stereocenters. The number of nitrogens with one attached hydrogen (secondary N) is 1. The van der Waals surface area contributed by atoms with E-state index in [2.05, 4.69) is 5.32 Å². The average molecular weight is 255 g/mol. The van der Waals surface area contributed by atoms with Gasteiger partial charge in [0.1, 0.15) is 0 Å². The van der Waals surface area contributed by atoms with Gasteiger partial charge >= 0.3 is 6.03 Å². The van der Waals surface area contributed by atoms with Crippen LogP contribution in [0.3, 0.4) is 0 Å². The monoisotopic (exact) mass is 255 g/mol. The molecule has 0 bridgehead atoms. The number of urea groups is 1. The fourth-order valence-electron chi connectivity index (χ4n) is 2.85. The van der Waals surface area contributed by atoms with E-state index in [1.807, 2.05) is 11.8 Å². The third-order valence-electron chi connectivity index (χ3n) is 3.81. The van der Waals surface area contributed by atoms with Crippen LogP contribution >= 0.6 is 0 Å². The molecule has 5 heteroatoms. The van der Waals surface area contributed by atoms with Crippen LogP contribution in [-0.2, 0) is 4.74 Å². The average Bonchev–Trinajstić information content (AvgIpc) is 2.39. The van der Waals surface area contributed by atoms with Gasteiger partial charge in [0, 0.05) is 25.7 Å². The van der Waals surface area contributed by atoms with Crippen molar-refractivity contribution in [1.29, 1.82) is 0 Å². The number of hydrogen-bond acceptors (Lipinski definition) is 3. The number of rotatable bonds is 2. The number of nitrogens with zero attached hydrogens (tertiary/aromatic N) is 1. The second kappa shape index (κ2) is 6.38. The molecule has 2 amide bonds. The van der Waals surface area contributed by atoms with Gasteiger partial charge in [-0.05, 0) is 19.8 Å². The third-order valence-corrected chi connectivity index (χ3v) is 3.81. The van der Waals surface area contributed by atoms with E-state index in [4.69, 9.17) is 10.5 Å². The van der Waals surface area contributed by atoms with Crippen molar-refractivity contribution in [2.45, 2.75) is 57.3 Å². The Morgan fingerprint density at radius 2 is 2.06 bits per heavy atom. The molecule has 3 N–H and O–H groups in total. The number of amides is 2. The van der Waals surface area contributed by atoms with E-state index in [-0.39, 0.29) is 18.2 Å². The summed E-state index contributed by atoms with van der Waals surface area (Å²) in [6.07, 6.45) is 6.05. The van der Waals surface area contributed by atoms with E-state index in [0.717, 1.165) is 12.8 Å². The van der Waals surface area contributed by atoms with Crippen LogP contribution in [0.5, 0.6) is 0 Å². The molecule has 2 rings (SSSR count). The number of morpholine rings is 1. The summed E-state index contributed by atoms with van der Waals surface area (Å²) in [5, 5.41) is 3.14. The van der Waals surface area contributed by atoms with Crippen molar-refractivity contribution in [3.63, 3.8) is 0 Å². The third kappa shape index (κ3) is 3.59. The van der Waals surface area contributed by atoms with Crippen LogP contribution in [0.1, 0.15) is 39.0 Å². The van der Waals surface area contributed by atoms with Crippen LogP contribution in [0, 0.1) is 0 Å². The maximum absolute atomic E-state index is 12.2. The van der Waals surface area contributed by atoms with Crippen LogP contribution in [0.2, 0.25) is 0 Å². The molecule has 1 aliphatic carbocycles. The summed E-state index contributed by atoms with van der Waals surface area (Å²) < 4.78 is 5.66. The molecule has 0 aromatic rings. The minimum Gasteiger partial charge on any atom is -0.370 e. The van der Waals surface area contributed by atoms with Crippen LogP contribution in [-0.4, -0.2) is 48.8 Å². The fraction of sp³-hybridized carbons (Fsp3) is 0.923. The molecule has 0 spiro atoms. The van der Waals surface area contributed by atoms with Gasteiger partial charge < -0.3 is 20.7 Å². The molecule has 104 valence electrons. The molecule has 1 saturated carbocycles. The Morgan fingerprint density at radius 1 is 1.33 bits per heavy atom. The number of carbonyl (C=O) groups excluding carboxylic acids is 1. The summed E-state index contributed by atoms with van der Waals surface area (Å²) in [6, 6.07) is 0.413. The normalized spacial score (nSPS) is 30.2. The van der Waals surface area contributed by atoms with Crippen molar-refractivity contribution in [3.05, 3.63) is 0 Å². The largest absolute Gasteiger partial charge is 0.370 e. The Labute approximate surface area is 109 Å². The van der Waals surface area contributed by atoms with E-state index >= 15 is 0 Å². The van der Waals surface area contributed by atoms with Crippen LogP contribution in [0.15, 0.2) is 0 Å². The molecule has 5 nitrogen and oxygen atoms in total. The zero-order chi connectivity index (χ0) is 13.0. The van der Waals surface area contributed by atoms with Crippen molar-refractivity contribution >= 4 is 6.03 Å². The minimum absolute atomic E-state index is 0.0224. The lowest BCUT2D eigenvalue weighted by Crippen LogP contribution is -2.55. The number of nitrogens with two attached hydrogens (primary N) is 1. The Morgan fingerprint density at radius 3 is 2.72 bits per heavy atom. The second-order valence-electron chi connectivity index (χ2n) is 5.49. The van der Waals surface area contributed by atoms with Crippen molar-refractivity contribution in [1.82, 2.24) is 10.2 Å². The lowest BCUT2D eigenvalue weighted by molar-refractivity contribution is -0.0590. The summed E-state index contributed by atoms with van der Waals surface area (Å²) in [4.78, 5) is 14.0. The van der Waals surface area contributed by atoms with E-state index in [1.165, 1.54) is 19.3 Å². The topological polar surface area (TPSA) is 67.6 Å². The lowest BCUT2D eigenvalue weighted by atomic mass is 9.96. The summed E-state index contributed by atoms with van der Waals surface area (Å²) in [6.45, 7) is 3.73. The highest BCUT2D eigenvalue weighted by Gasteiger charge is 2.28. The first kappa shape index (κ1) is 13.6. The maximum atomic E-state index is 12.2. The Kier molecular flexibility index (Phi) is 4.83. The first-order valence-corrected chi connectivity index (χ1v) is 7.10. The maximum Gasteiger partial charge on any atom is 0.317 e. The summed E-state index contributed by atoms with van der Waals surface area (Å²) in [7, 11) is 0. The molecule has 0 aromatic carbocycles. The standard InChI is InChI=1S/C13H25N3O2/c1-10-8-16(9-12(7-14)18-10)13(17)15-11-5-3-2-4-6-11/h10-12H,2-9,14H2,1H3,(H,15,17). The van der Waals surface area contributed by atoms with Gasteiger partial charge in [0.25, 0.3) is 0 Å². The first-order chi connectivity index (χ1) is 8.69. The molecule has 1 aliphatic heterocycles. The Hall–Kier alpha value is -0.810. The van der Waals surface area contributed by atoms with Gasteiger partial charge in [0.05, 0.1) is 12.2 Å². The number of carbonyl (C=O) groups is 1. The molecule has 2 fully saturated rings. The zero-order valence-electron chi connectivity index (χ0n) is 11.2. The van der Waals surface area contributed by atoms with Gasteiger partial charge in [-0.2, -0.15) is 0 Å². The van der Waals surface area contributed by atoms with Crippen molar-refractivity contribution in [2.75, 3.05) is 19.6 Å². The van der Waals surface area contributed by atoms with Crippen LogP contribution in [0.25, 0.3) is 0 Å². The first-order valence-electron chi connectivity index (χ1n) is 7.10. The molecule has 0 aromatic heterocycles. The quantitative estimate of drug-likeness (QED) is 0.776. The highest BCUT2D eigenvalue weighted by Crippen LogP contribution is 2.18. The van der Waals surface area contributed by atoms with E-state index in [0.29, 0.717) is 25.7 Å². The van der Waals surface area contributed by atoms with Gasteiger partial charge in [0.15, 0.2) is 0 Å². The molecule has 1 saturated heterocycles. The van der Waals surface area contributed by atoms with Gasteiger partial charge in [-0.3, -0.25) is 0 Å². The van der Waals surface area contributed by atoms with E-state index in [9.17, 15) is 4.79 Å². The summed E-state index contributed by atoms with van der Waals surface area (Å²) >= 11 is 0. The molecule has 2 aliphatic rings. The van der Waals surface area contributed by atoms with Gasteiger partial charge in [-0.1, -0.05) is 19.3 Å². The highest BCUT2D eigenvalue weighted by molar-refractivity contribution is 5.74. The predicted molar refractivity (Wildman–Crippen MR) is 70.4 cm³/mol. The summed E-state index contributed by atoms with van der Waals surface area (Å²) in [5.74, 6) is 0. The Balaban J connectivity index is 1.83. The highest BCUT2D eigenvalue weighted by atomic mass is 16.5. The smallest absolute Gasteiger partial charge is 0.317 e. The number of hydrogen-bond donors (Lipinski definition) is 2.